The van der Waals surface area contributed by atoms with E-state index in [-0.39, 0.29) is 35.7 Å². The number of ether oxygens (including phenoxy) is 1. The van der Waals surface area contributed by atoms with Crippen LogP contribution in [0.25, 0.3) is 0 Å². The average molecular weight is 333 g/mol. The number of urea groups is 1. The molecule has 0 aromatic rings. The fourth-order valence-electron chi connectivity index (χ4n) is 3.13. The highest BCUT2D eigenvalue weighted by Crippen LogP contribution is 2.17. The Morgan fingerprint density at radius 3 is 2.50 bits per heavy atom. The number of amides is 2. The largest absolute Gasteiger partial charge is 0.373 e. The van der Waals surface area contributed by atoms with Gasteiger partial charge in [0, 0.05) is 32.7 Å². The molecule has 0 saturated carbocycles. The molecule has 0 spiro atoms. The van der Waals surface area contributed by atoms with Gasteiger partial charge >= 0.3 is 6.03 Å². The summed E-state index contributed by atoms with van der Waals surface area (Å²) in [7, 11) is -2.88. The first kappa shape index (κ1) is 17.5. The summed E-state index contributed by atoms with van der Waals surface area (Å²) < 4.78 is 28.3. The van der Waals surface area contributed by atoms with Crippen molar-refractivity contribution < 1.29 is 17.9 Å². The van der Waals surface area contributed by atoms with Crippen molar-refractivity contribution in [1.29, 1.82) is 0 Å². The summed E-state index contributed by atoms with van der Waals surface area (Å²) in [6.45, 7) is 7.67. The monoisotopic (exact) mass is 333 g/mol. The van der Waals surface area contributed by atoms with Gasteiger partial charge in [0.2, 0.25) is 0 Å². The van der Waals surface area contributed by atoms with E-state index in [4.69, 9.17) is 4.74 Å². The molecular formula is C14H27N3O4S. The summed E-state index contributed by atoms with van der Waals surface area (Å²) in [5.74, 6) is 0.488. The zero-order chi connectivity index (χ0) is 16.2. The van der Waals surface area contributed by atoms with Crippen LogP contribution in [0.2, 0.25) is 0 Å². The third-order valence-corrected chi connectivity index (χ3v) is 5.92. The number of nitrogens with zero attached hydrogens (tertiary/aromatic N) is 1. The van der Waals surface area contributed by atoms with E-state index >= 15 is 0 Å². The lowest BCUT2D eigenvalue weighted by molar-refractivity contribution is -0.0672. The topological polar surface area (TPSA) is 87.7 Å². The standard InChI is InChI=1S/C14H27N3O4S/c1-11-8-17(9-12(2)21-11)5-4-15-14(18)16-7-13-3-6-22(19,20)10-13/h11-13H,3-10H2,1-2H3,(H2,15,16,18). The van der Waals surface area contributed by atoms with Gasteiger partial charge in [-0.2, -0.15) is 0 Å². The van der Waals surface area contributed by atoms with Gasteiger partial charge in [-0.25, -0.2) is 13.2 Å². The predicted octanol–water partition coefficient (Wildman–Crippen LogP) is -0.170. The molecule has 7 nitrogen and oxygen atoms in total. The molecule has 0 bridgehead atoms. The van der Waals surface area contributed by atoms with Crippen molar-refractivity contribution in [3.63, 3.8) is 0 Å². The second kappa shape index (κ2) is 7.61. The molecule has 128 valence electrons. The van der Waals surface area contributed by atoms with Gasteiger partial charge in [-0.15, -0.1) is 0 Å². The summed E-state index contributed by atoms with van der Waals surface area (Å²) in [5.41, 5.74) is 0. The molecule has 3 atom stereocenters. The van der Waals surface area contributed by atoms with Crippen LogP contribution in [-0.2, 0) is 14.6 Å². The molecule has 8 heteroatoms. The van der Waals surface area contributed by atoms with Crippen molar-refractivity contribution in [2.24, 2.45) is 5.92 Å². The molecular weight excluding hydrogens is 306 g/mol. The van der Waals surface area contributed by atoms with Gasteiger partial charge in [0.25, 0.3) is 0 Å². The Hall–Kier alpha value is -0.860. The number of nitrogens with one attached hydrogen (secondary N) is 2. The van der Waals surface area contributed by atoms with Gasteiger partial charge in [0.05, 0.1) is 23.7 Å². The van der Waals surface area contributed by atoms with Crippen LogP contribution in [0.5, 0.6) is 0 Å². The third-order valence-electron chi connectivity index (χ3n) is 4.09. The van der Waals surface area contributed by atoms with E-state index in [1.54, 1.807) is 0 Å². The van der Waals surface area contributed by atoms with Gasteiger partial charge in [-0.1, -0.05) is 0 Å². The van der Waals surface area contributed by atoms with Crippen molar-refractivity contribution >= 4 is 15.9 Å². The van der Waals surface area contributed by atoms with E-state index in [0.717, 1.165) is 19.6 Å². The van der Waals surface area contributed by atoms with E-state index in [1.165, 1.54) is 0 Å². The molecule has 2 aliphatic heterocycles. The lowest BCUT2D eigenvalue weighted by atomic mass is 10.1. The number of sulfone groups is 1. The molecule has 0 aliphatic carbocycles. The van der Waals surface area contributed by atoms with Crippen LogP contribution in [0.3, 0.4) is 0 Å². The number of hydrogen-bond donors (Lipinski definition) is 2. The molecule has 2 fully saturated rings. The molecule has 2 aliphatic rings. The molecule has 2 saturated heterocycles. The molecule has 2 heterocycles. The summed E-state index contributed by atoms with van der Waals surface area (Å²) in [6, 6.07) is -0.223. The average Bonchev–Trinajstić information content (AvgIpc) is 2.75. The molecule has 0 aromatic heterocycles. The van der Waals surface area contributed by atoms with Gasteiger partial charge < -0.3 is 15.4 Å². The maximum atomic E-state index is 11.7. The smallest absolute Gasteiger partial charge is 0.314 e. The molecule has 22 heavy (non-hydrogen) atoms. The van der Waals surface area contributed by atoms with E-state index in [0.29, 0.717) is 19.5 Å². The first-order valence-electron chi connectivity index (χ1n) is 7.94. The third kappa shape index (κ3) is 5.73. The van der Waals surface area contributed by atoms with Crippen molar-refractivity contribution in [2.45, 2.75) is 32.5 Å². The molecule has 0 radical (unpaired) electrons. The number of hydrogen-bond acceptors (Lipinski definition) is 5. The highest BCUT2D eigenvalue weighted by atomic mass is 32.2. The van der Waals surface area contributed by atoms with Crippen LogP contribution in [0, 0.1) is 5.92 Å². The normalized spacial score (nSPS) is 31.8. The lowest BCUT2D eigenvalue weighted by Gasteiger charge is -2.35. The first-order chi connectivity index (χ1) is 10.3. The van der Waals surface area contributed by atoms with Crippen LogP contribution >= 0.6 is 0 Å². The van der Waals surface area contributed by atoms with Crippen molar-refractivity contribution in [3.8, 4) is 0 Å². The fraction of sp³-hybridized carbons (Fsp3) is 0.929. The number of rotatable bonds is 5. The van der Waals surface area contributed by atoms with E-state index in [9.17, 15) is 13.2 Å². The number of morpholine rings is 1. The molecule has 0 aromatic carbocycles. The number of carbonyl (C=O) groups is 1. The number of carbonyl (C=O) groups excluding carboxylic acids is 1. The van der Waals surface area contributed by atoms with Crippen molar-refractivity contribution in [2.75, 3.05) is 44.2 Å². The van der Waals surface area contributed by atoms with Crippen LogP contribution < -0.4 is 10.6 Å². The highest BCUT2D eigenvalue weighted by molar-refractivity contribution is 7.91. The predicted molar refractivity (Wildman–Crippen MR) is 84.6 cm³/mol. The SMILES string of the molecule is CC1CN(CCNC(=O)NCC2CCS(=O)(=O)C2)CC(C)O1. The highest BCUT2D eigenvalue weighted by Gasteiger charge is 2.28. The maximum Gasteiger partial charge on any atom is 0.314 e. The minimum atomic E-state index is -2.88. The minimum Gasteiger partial charge on any atom is -0.373 e. The van der Waals surface area contributed by atoms with Gasteiger partial charge in [-0.3, -0.25) is 4.90 Å². The Morgan fingerprint density at radius 1 is 1.23 bits per heavy atom. The summed E-state index contributed by atoms with van der Waals surface area (Å²) in [5, 5.41) is 5.58. The Balaban J connectivity index is 1.58. The van der Waals surface area contributed by atoms with Crippen molar-refractivity contribution in [3.05, 3.63) is 0 Å². The minimum absolute atomic E-state index is 0.0525. The van der Waals surface area contributed by atoms with E-state index in [2.05, 4.69) is 29.4 Å². The van der Waals surface area contributed by atoms with Crippen LogP contribution in [-0.4, -0.2) is 75.8 Å². The van der Waals surface area contributed by atoms with Gasteiger partial charge in [0.15, 0.2) is 9.84 Å². The summed E-state index contributed by atoms with van der Waals surface area (Å²) in [6.07, 6.45) is 1.09. The lowest BCUT2D eigenvalue weighted by Crippen LogP contribution is -2.48. The summed E-state index contributed by atoms with van der Waals surface area (Å²) in [4.78, 5) is 14.0. The second-order valence-corrected chi connectivity index (χ2v) is 8.65. The van der Waals surface area contributed by atoms with Crippen LogP contribution in [0.1, 0.15) is 20.3 Å². The van der Waals surface area contributed by atoms with E-state index < -0.39 is 9.84 Å². The zero-order valence-corrected chi connectivity index (χ0v) is 14.2. The molecule has 2 rings (SSSR count). The fourth-order valence-corrected chi connectivity index (χ4v) is 4.99. The Kier molecular flexibility index (Phi) is 6.05. The van der Waals surface area contributed by atoms with Crippen LogP contribution in [0.4, 0.5) is 4.79 Å². The second-order valence-electron chi connectivity index (χ2n) is 6.42. The summed E-state index contributed by atoms with van der Waals surface area (Å²) >= 11 is 0. The Bertz CT molecular complexity index is 472. The maximum absolute atomic E-state index is 11.7. The Morgan fingerprint density at radius 2 is 1.91 bits per heavy atom. The van der Waals surface area contributed by atoms with Crippen molar-refractivity contribution in [1.82, 2.24) is 15.5 Å². The first-order valence-corrected chi connectivity index (χ1v) is 9.76. The molecule has 2 N–H and O–H groups in total. The van der Waals surface area contributed by atoms with Crippen LogP contribution in [0.15, 0.2) is 0 Å². The Labute approximate surface area is 132 Å². The van der Waals surface area contributed by atoms with Gasteiger partial charge in [0.1, 0.15) is 0 Å². The van der Waals surface area contributed by atoms with Gasteiger partial charge in [-0.05, 0) is 26.2 Å². The quantitative estimate of drug-likeness (QED) is 0.729. The molecule has 2 amide bonds. The zero-order valence-electron chi connectivity index (χ0n) is 13.4. The van der Waals surface area contributed by atoms with E-state index in [1.807, 2.05) is 0 Å². The molecule has 3 unspecified atom stereocenters.